The first-order chi connectivity index (χ1) is 13.3. The summed E-state index contributed by atoms with van der Waals surface area (Å²) in [5, 5.41) is 11.4. The largest absolute Gasteiger partial charge is 0.506 e. The molecule has 0 aliphatic heterocycles. The third-order valence-electron chi connectivity index (χ3n) is 4.83. The van der Waals surface area contributed by atoms with E-state index in [-0.39, 0.29) is 18.3 Å². The van der Waals surface area contributed by atoms with Crippen LogP contribution in [0.5, 0.6) is 5.75 Å². The van der Waals surface area contributed by atoms with Crippen LogP contribution in [0.3, 0.4) is 0 Å². The number of guanidine groups is 1. The Hall–Kier alpha value is -2.12. The van der Waals surface area contributed by atoms with Gasteiger partial charge in [-0.1, -0.05) is 26.0 Å². The number of phenolic OH excluding ortho intramolecular Hbond substituents is 1. The first-order valence-electron chi connectivity index (χ1n) is 9.04. The lowest BCUT2D eigenvalue weighted by Crippen LogP contribution is -2.22. The fraction of sp³-hybridized carbons (Fsp3) is 0.286. The van der Waals surface area contributed by atoms with Crippen LogP contribution in [0.4, 0.5) is 0 Å². The van der Waals surface area contributed by atoms with Gasteiger partial charge in [0.25, 0.3) is 0 Å². The molecular weight excluding hydrogens is 436 g/mol. The van der Waals surface area contributed by atoms with Gasteiger partial charge >= 0.3 is 0 Å². The number of nitrogens with two attached hydrogens (primary N) is 2. The lowest BCUT2D eigenvalue weighted by molar-refractivity contribution is 0.466. The number of aliphatic imine (C=N–C) groups is 1. The van der Waals surface area contributed by atoms with E-state index in [0.717, 1.165) is 22.3 Å². The number of rotatable bonds is 6. The maximum absolute atomic E-state index is 10.5. The molecule has 5 N–H and O–H groups in total. The molecule has 0 aliphatic rings. The standard InChI is InChI=1S/C21H25BrN4OS/c1-12(2)13-4-6-15(7-5-13)28-11-14-8-16-17(10-25-21(23)24)20(27)18(22)9-19(16)26(14)3/h4-9,12,27H,10-11H2,1-3H3,(H4,23,24,25). The Morgan fingerprint density at radius 1 is 1.21 bits per heavy atom. The first-order valence-corrected chi connectivity index (χ1v) is 10.8. The fourth-order valence-corrected chi connectivity index (χ4v) is 4.50. The average Bonchev–Trinajstić information content (AvgIpc) is 2.96. The molecule has 2 aromatic carbocycles. The van der Waals surface area contributed by atoms with Gasteiger partial charge in [0, 0.05) is 39.9 Å². The molecule has 0 radical (unpaired) electrons. The van der Waals surface area contributed by atoms with Gasteiger partial charge in [0.05, 0.1) is 11.0 Å². The third kappa shape index (κ3) is 4.31. The SMILES string of the molecule is CC(C)c1ccc(SCc2cc3c(CN=C(N)N)c(O)c(Br)cc3n2C)cc1. The fourth-order valence-electron chi connectivity index (χ4n) is 3.12. The summed E-state index contributed by atoms with van der Waals surface area (Å²) in [6.07, 6.45) is 0. The van der Waals surface area contributed by atoms with Crippen LogP contribution in [0.2, 0.25) is 0 Å². The number of thioether (sulfide) groups is 1. The maximum atomic E-state index is 10.5. The highest BCUT2D eigenvalue weighted by Crippen LogP contribution is 2.37. The number of aromatic nitrogens is 1. The summed E-state index contributed by atoms with van der Waals surface area (Å²) in [5.74, 6) is 1.54. The Morgan fingerprint density at radius 2 is 1.89 bits per heavy atom. The molecule has 5 nitrogen and oxygen atoms in total. The summed E-state index contributed by atoms with van der Waals surface area (Å²) in [6.45, 7) is 4.63. The molecule has 7 heteroatoms. The molecule has 0 fully saturated rings. The molecule has 0 aliphatic carbocycles. The van der Waals surface area contributed by atoms with Crippen molar-refractivity contribution in [2.24, 2.45) is 23.5 Å². The average molecular weight is 461 g/mol. The highest BCUT2D eigenvalue weighted by atomic mass is 79.9. The van der Waals surface area contributed by atoms with Crippen LogP contribution in [0.1, 0.15) is 36.6 Å². The predicted octanol–water partition coefficient (Wildman–Crippen LogP) is 4.84. The second kappa shape index (κ2) is 8.49. The Morgan fingerprint density at radius 3 is 2.50 bits per heavy atom. The number of hydrogen-bond acceptors (Lipinski definition) is 3. The smallest absolute Gasteiger partial charge is 0.186 e. The second-order valence-corrected chi connectivity index (χ2v) is 8.97. The minimum absolute atomic E-state index is 0.00378. The maximum Gasteiger partial charge on any atom is 0.186 e. The van der Waals surface area contributed by atoms with Crippen molar-refractivity contribution in [2.75, 3.05) is 0 Å². The van der Waals surface area contributed by atoms with E-state index in [1.165, 1.54) is 10.5 Å². The molecule has 0 spiro atoms. The van der Waals surface area contributed by atoms with Gasteiger partial charge in [-0.3, -0.25) is 0 Å². The van der Waals surface area contributed by atoms with E-state index >= 15 is 0 Å². The van der Waals surface area contributed by atoms with Crippen molar-refractivity contribution in [1.29, 1.82) is 0 Å². The van der Waals surface area contributed by atoms with Crippen molar-refractivity contribution in [3.63, 3.8) is 0 Å². The van der Waals surface area contributed by atoms with Gasteiger partial charge in [0.15, 0.2) is 5.96 Å². The molecule has 1 aromatic heterocycles. The Balaban J connectivity index is 1.90. The normalized spacial score (nSPS) is 11.3. The molecule has 0 amide bonds. The van der Waals surface area contributed by atoms with Crippen molar-refractivity contribution in [2.45, 2.75) is 37.0 Å². The Labute approximate surface area is 178 Å². The van der Waals surface area contributed by atoms with Crippen LogP contribution in [-0.2, 0) is 19.3 Å². The number of nitrogens with zero attached hydrogens (tertiary/aromatic N) is 2. The van der Waals surface area contributed by atoms with Crippen LogP contribution in [0.15, 0.2) is 50.8 Å². The zero-order valence-electron chi connectivity index (χ0n) is 16.2. The monoisotopic (exact) mass is 460 g/mol. The van der Waals surface area contributed by atoms with Gasteiger partial charge in [-0.05, 0) is 51.7 Å². The van der Waals surface area contributed by atoms with Crippen LogP contribution in [-0.4, -0.2) is 15.6 Å². The molecule has 0 atom stereocenters. The number of halogens is 1. The van der Waals surface area contributed by atoms with Crippen LogP contribution in [0.25, 0.3) is 10.9 Å². The lowest BCUT2D eigenvalue weighted by Gasteiger charge is -2.09. The lowest BCUT2D eigenvalue weighted by atomic mass is 10.0. The van der Waals surface area contributed by atoms with E-state index in [1.807, 2.05) is 13.1 Å². The van der Waals surface area contributed by atoms with Crippen molar-refractivity contribution in [3.8, 4) is 5.75 Å². The predicted molar refractivity (Wildman–Crippen MR) is 122 cm³/mol. The van der Waals surface area contributed by atoms with Crippen molar-refractivity contribution >= 4 is 44.6 Å². The number of fused-ring (bicyclic) bond motifs is 1. The molecule has 3 rings (SSSR count). The van der Waals surface area contributed by atoms with Crippen molar-refractivity contribution in [3.05, 3.63) is 57.7 Å². The molecule has 0 saturated carbocycles. The molecule has 3 aromatic rings. The number of benzene rings is 2. The Bertz CT molecular complexity index is 1020. The summed E-state index contributed by atoms with van der Waals surface area (Å²) in [4.78, 5) is 5.31. The molecule has 0 saturated heterocycles. The summed E-state index contributed by atoms with van der Waals surface area (Å²) in [7, 11) is 2.04. The number of aryl methyl sites for hydroxylation is 1. The van der Waals surface area contributed by atoms with E-state index in [2.05, 4.69) is 69.7 Å². The van der Waals surface area contributed by atoms with Crippen LogP contribution < -0.4 is 11.5 Å². The van der Waals surface area contributed by atoms with E-state index in [4.69, 9.17) is 11.5 Å². The summed E-state index contributed by atoms with van der Waals surface area (Å²) >= 11 is 5.23. The quantitative estimate of drug-likeness (QED) is 0.279. The van der Waals surface area contributed by atoms with Gasteiger partial charge in [-0.15, -0.1) is 11.8 Å². The molecule has 148 valence electrons. The minimum Gasteiger partial charge on any atom is -0.506 e. The highest BCUT2D eigenvalue weighted by molar-refractivity contribution is 9.10. The van der Waals surface area contributed by atoms with E-state index in [0.29, 0.717) is 16.0 Å². The second-order valence-electron chi connectivity index (χ2n) is 7.07. The zero-order valence-corrected chi connectivity index (χ0v) is 18.6. The van der Waals surface area contributed by atoms with E-state index < -0.39 is 0 Å². The van der Waals surface area contributed by atoms with E-state index in [9.17, 15) is 5.11 Å². The van der Waals surface area contributed by atoms with Gasteiger partial charge in [0.1, 0.15) is 5.75 Å². The van der Waals surface area contributed by atoms with Crippen LogP contribution >= 0.6 is 27.7 Å². The Kier molecular flexibility index (Phi) is 6.25. The highest BCUT2D eigenvalue weighted by Gasteiger charge is 2.16. The minimum atomic E-state index is 0.00378. The number of phenols is 1. The summed E-state index contributed by atoms with van der Waals surface area (Å²) < 4.78 is 2.78. The topological polar surface area (TPSA) is 89.6 Å². The van der Waals surface area contributed by atoms with E-state index in [1.54, 1.807) is 11.8 Å². The van der Waals surface area contributed by atoms with Gasteiger partial charge < -0.3 is 21.1 Å². The summed E-state index contributed by atoms with van der Waals surface area (Å²) in [5.41, 5.74) is 15.2. The van der Waals surface area contributed by atoms with Crippen molar-refractivity contribution in [1.82, 2.24) is 4.57 Å². The number of aromatic hydroxyl groups is 1. The molecule has 1 heterocycles. The molecular formula is C21H25BrN4OS. The molecule has 0 unspecified atom stereocenters. The van der Waals surface area contributed by atoms with Crippen LogP contribution in [0, 0.1) is 0 Å². The number of hydrogen-bond donors (Lipinski definition) is 3. The van der Waals surface area contributed by atoms with Gasteiger partial charge in [-0.2, -0.15) is 0 Å². The molecule has 28 heavy (non-hydrogen) atoms. The first kappa shape index (κ1) is 20.6. The van der Waals surface area contributed by atoms with Crippen molar-refractivity contribution < 1.29 is 5.11 Å². The third-order valence-corrected chi connectivity index (χ3v) is 6.48. The van der Waals surface area contributed by atoms with Gasteiger partial charge in [0.2, 0.25) is 0 Å². The van der Waals surface area contributed by atoms with Gasteiger partial charge in [-0.25, -0.2) is 4.99 Å². The molecule has 0 bridgehead atoms. The zero-order chi connectivity index (χ0) is 20.4. The summed E-state index contributed by atoms with van der Waals surface area (Å²) in [6, 6.07) is 12.8.